The Morgan fingerprint density at radius 1 is 0.643 bits per heavy atom. The van der Waals surface area contributed by atoms with Gasteiger partial charge >= 0.3 is 0 Å². The molecule has 0 aliphatic heterocycles. The van der Waals surface area contributed by atoms with Crippen LogP contribution in [0, 0.1) is 6.92 Å². The summed E-state index contributed by atoms with van der Waals surface area (Å²) >= 11 is 0. The summed E-state index contributed by atoms with van der Waals surface area (Å²) in [5.74, 6) is 0. The van der Waals surface area contributed by atoms with Crippen LogP contribution in [0.25, 0.3) is 49.9 Å². The Hall–Kier alpha value is -4.62. The summed E-state index contributed by atoms with van der Waals surface area (Å²) in [5, 5.41) is 5.40. The zero-order valence-electron chi connectivity index (χ0n) is 24.8. The molecule has 6 aromatic rings. The molecule has 1 heteroatoms. The molecule has 0 unspecified atom stereocenters. The molecule has 0 N–H and O–H groups in total. The highest BCUT2D eigenvalue weighted by atomic mass is 15.1. The SMILES string of the molecule is Cc1ccc(N(C)c2cc3c(cc2-c2ccc4c(c2)-c2ccccc2C4(C)C)c2c(c4ccccc43)C=CCC2)cc1. The summed E-state index contributed by atoms with van der Waals surface area (Å²) in [6, 6.07) is 38.9. The fourth-order valence-corrected chi connectivity index (χ4v) is 7.51. The van der Waals surface area contributed by atoms with E-state index in [0.29, 0.717) is 0 Å². The van der Waals surface area contributed by atoms with Gasteiger partial charge in [0, 0.05) is 29.4 Å². The van der Waals surface area contributed by atoms with E-state index in [1.165, 1.54) is 83.0 Å². The molecule has 0 saturated carbocycles. The maximum Gasteiger partial charge on any atom is 0.0494 e. The van der Waals surface area contributed by atoms with E-state index < -0.39 is 0 Å². The van der Waals surface area contributed by atoms with Gasteiger partial charge in [0.1, 0.15) is 0 Å². The second kappa shape index (κ2) is 9.19. The fraction of sp³-hybridized carbons (Fsp3) is 0.171. The maximum atomic E-state index is 2.49. The van der Waals surface area contributed by atoms with Gasteiger partial charge in [0.05, 0.1) is 0 Å². The van der Waals surface area contributed by atoms with Gasteiger partial charge in [-0.3, -0.25) is 0 Å². The van der Waals surface area contributed by atoms with Crippen molar-refractivity contribution >= 4 is 39.0 Å². The van der Waals surface area contributed by atoms with Crippen LogP contribution in [-0.4, -0.2) is 7.05 Å². The van der Waals surface area contributed by atoms with E-state index in [1.54, 1.807) is 0 Å². The Labute approximate surface area is 248 Å². The van der Waals surface area contributed by atoms with E-state index in [-0.39, 0.29) is 5.41 Å². The Balaban J connectivity index is 1.44. The first kappa shape index (κ1) is 25.1. The van der Waals surface area contributed by atoms with Crippen LogP contribution in [0.1, 0.15) is 48.1 Å². The molecule has 204 valence electrons. The summed E-state index contributed by atoms with van der Waals surface area (Å²) in [6.07, 6.45) is 6.85. The Bertz CT molecular complexity index is 2070. The van der Waals surface area contributed by atoms with Crippen molar-refractivity contribution in [3.05, 3.63) is 137 Å². The lowest BCUT2D eigenvalue weighted by Gasteiger charge is -2.26. The lowest BCUT2D eigenvalue weighted by Crippen LogP contribution is -2.14. The lowest BCUT2D eigenvalue weighted by atomic mass is 9.82. The van der Waals surface area contributed by atoms with E-state index in [2.05, 4.69) is 148 Å². The molecular weight excluding hydrogens is 506 g/mol. The van der Waals surface area contributed by atoms with Gasteiger partial charge in [-0.05, 0) is 111 Å². The van der Waals surface area contributed by atoms with Crippen LogP contribution >= 0.6 is 0 Å². The Kier molecular flexibility index (Phi) is 5.50. The average Bonchev–Trinajstić information content (AvgIpc) is 3.26. The number of anilines is 2. The number of benzene rings is 6. The molecule has 0 fully saturated rings. The van der Waals surface area contributed by atoms with Gasteiger partial charge in [-0.2, -0.15) is 0 Å². The monoisotopic (exact) mass is 541 g/mol. The third kappa shape index (κ3) is 3.63. The molecule has 0 heterocycles. The van der Waals surface area contributed by atoms with E-state index in [0.717, 1.165) is 12.8 Å². The molecule has 2 aliphatic carbocycles. The normalized spacial score (nSPS) is 14.6. The van der Waals surface area contributed by atoms with Gasteiger partial charge < -0.3 is 4.90 Å². The minimum Gasteiger partial charge on any atom is -0.344 e. The molecule has 0 spiro atoms. The van der Waals surface area contributed by atoms with Crippen LogP contribution in [0.4, 0.5) is 11.4 Å². The molecule has 0 radical (unpaired) electrons. The molecule has 0 saturated heterocycles. The summed E-state index contributed by atoms with van der Waals surface area (Å²) < 4.78 is 0. The zero-order valence-corrected chi connectivity index (χ0v) is 24.8. The molecule has 8 rings (SSSR count). The van der Waals surface area contributed by atoms with Crippen molar-refractivity contribution in [3.63, 3.8) is 0 Å². The Morgan fingerprint density at radius 2 is 1.38 bits per heavy atom. The number of hydrogen-bond acceptors (Lipinski definition) is 1. The van der Waals surface area contributed by atoms with Crippen LogP contribution in [0.3, 0.4) is 0 Å². The van der Waals surface area contributed by atoms with Crippen LogP contribution in [0.15, 0.2) is 109 Å². The van der Waals surface area contributed by atoms with Crippen LogP contribution in [0.2, 0.25) is 0 Å². The number of aryl methyl sites for hydroxylation is 2. The number of nitrogens with zero attached hydrogens (tertiary/aromatic N) is 1. The van der Waals surface area contributed by atoms with E-state index in [4.69, 9.17) is 0 Å². The van der Waals surface area contributed by atoms with Crippen molar-refractivity contribution in [2.24, 2.45) is 0 Å². The van der Waals surface area contributed by atoms with Gasteiger partial charge in [0.15, 0.2) is 0 Å². The standard InChI is InChI=1S/C41H35N/c1-26-17-20-28(21-18-26)42(4)40-25-36-32-14-8-6-12-30(32)29-11-5-7-13-31(29)35(36)24-34(40)27-19-22-39-37(23-27)33-15-9-10-16-38(33)41(39,2)3/h5-6,8-12,14-25H,7,13H2,1-4H3. The number of hydrogen-bond donors (Lipinski definition) is 0. The second-order valence-corrected chi connectivity index (χ2v) is 12.6. The zero-order chi connectivity index (χ0) is 28.6. The number of rotatable bonds is 3. The van der Waals surface area contributed by atoms with Gasteiger partial charge in [-0.15, -0.1) is 0 Å². The van der Waals surface area contributed by atoms with Crippen molar-refractivity contribution in [1.82, 2.24) is 0 Å². The van der Waals surface area contributed by atoms with Crippen molar-refractivity contribution in [2.75, 3.05) is 11.9 Å². The van der Waals surface area contributed by atoms with Crippen molar-refractivity contribution in [1.29, 1.82) is 0 Å². The third-order valence-electron chi connectivity index (χ3n) is 9.82. The number of allylic oxidation sites excluding steroid dienone is 1. The topological polar surface area (TPSA) is 3.24 Å². The summed E-state index contributed by atoms with van der Waals surface area (Å²) in [5.41, 5.74) is 14.7. The lowest BCUT2D eigenvalue weighted by molar-refractivity contribution is 0.660. The van der Waals surface area contributed by atoms with E-state index in [9.17, 15) is 0 Å². The number of fused-ring (bicyclic) bond motifs is 9. The molecular formula is C41H35N. The predicted octanol–water partition coefficient (Wildman–Crippen LogP) is 11.0. The van der Waals surface area contributed by atoms with Gasteiger partial charge in [0.2, 0.25) is 0 Å². The highest BCUT2D eigenvalue weighted by Gasteiger charge is 2.35. The first-order valence-corrected chi connectivity index (χ1v) is 15.1. The largest absolute Gasteiger partial charge is 0.344 e. The molecule has 0 amide bonds. The van der Waals surface area contributed by atoms with Crippen molar-refractivity contribution < 1.29 is 0 Å². The molecule has 0 atom stereocenters. The highest BCUT2D eigenvalue weighted by Crippen LogP contribution is 2.51. The van der Waals surface area contributed by atoms with Crippen molar-refractivity contribution in [3.8, 4) is 22.3 Å². The van der Waals surface area contributed by atoms with E-state index >= 15 is 0 Å². The summed E-state index contributed by atoms with van der Waals surface area (Å²) in [7, 11) is 2.21. The van der Waals surface area contributed by atoms with Crippen LogP contribution in [-0.2, 0) is 11.8 Å². The quantitative estimate of drug-likeness (QED) is 0.201. The molecule has 2 aliphatic rings. The summed E-state index contributed by atoms with van der Waals surface area (Å²) in [6.45, 7) is 6.86. The third-order valence-corrected chi connectivity index (χ3v) is 9.82. The molecule has 0 bridgehead atoms. The molecule has 6 aromatic carbocycles. The Morgan fingerprint density at radius 3 is 2.21 bits per heavy atom. The second-order valence-electron chi connectivity index (χ2n) is 12.6. The van der Waals surface area contributed by atoms with E-state index in [1.807, 2.05) is 0 Å². The molecule has 0 aromatic heterocycles. The minimum absolute atomic E-state index is 0.000313. The van der Waals surface area contributed by atoms with Crippen molar-refractivity contribution in [2.45, 2.75) is 39.0 Å². The molecule has 42 heavy (non-hydrogen) atoms. The summed E-state index contributed by atoms with van der Waals surface area (Å²) in [4.78, 5) is 2.37. The smallest absolute Gasteiger partial charge is 0.0494 e. The minimum atomic E-state index is -0.000313. The van der Waals surface area contributed by atoms with Gasteiger partial charge in [-0.1, -0.05) is 104 Å². The first-order chi connectivity index (χ1) is 20.4. The maximum absolute atomic E-state index is 2.49. The van der Waals surface area contributed by atoms with Gasteiger partial charge in [-0.25, -0.2) is 0 Å². The highest BCUT2D eigenvalue weighted by molar-refractivity contribution is 6.15. The molecule has 1 nitrogen and oxygen atoms in total. The fourth-order valence-electron chi connectivity index (χ4n) is 7.51. The predicted molar refractivity (Wildman–Crippen MR) is 181 cm³/mol. The first-order valence-electron chi connectivity index (χ1n) is 15.1. The van der Waals surface area contributed by atoms with Crippen LogP contribution in [0.5, 0.6) is 0 Å². The van der Waals surface area contributed by atoms with Gasteiger partial charge in [0.25, 0.3) is 0 Å². The van der Waals surface area contributed by atoms with Crippen LogP contribution < -0.4 is 4.90 Å². The average molecular weight is 542 g/mol.